The number of nitrogens with zero attached hydrogens (tertiary/aromatic N) is 2. The topological polar surface area (TPSA) is 65.3 Å². The predicted octanol–water partition coefficient (Wildman–Crippen LogP) is 2.55. The molecule has 2 rings (SSSR count). The first-order valence-electron chi connectivity index (χ1n) is 4.54. The summed E-state index contributed by atoms with van der Waals surface area (Å²) in [7, 11) is 0. The first-order valence-corrected chi connectivity index (χ1v) is 5.33. The number of hydrogen-bond acceptors (Lipinski definition) is 4. The Morgan fingerprint density at radius 1 is 1.40 bits per heavy atom. The molecule has 5 nitrogen and oxygen atoms in total. The number of rotatable bonds is 1. The fourth-order valence-electron chi connectivity index (χ4n) is 0.986. The molecular formula is C9H11BrN2O3. The van der Waals surface area contributed by atoms with Crippen LogP contribution in [0, 0.1) is 10.1 Å². The van der Waals surface area contributed by atoms with Crippen molar-refractivity contribution in [1.82, 2.24) is 4.98 Å². The zero-order valence-electron chi connectivity index (χ0n) is 8.06. The van der Waals surface area contributed by atoms with Gasteiger partial charge in [0.1, 0.15) is 0 Å². The Labute approximate surface area is 95.7 Å². The summed E-state index contributed by atoms with van der Waals surface area (Å²) >= 11 is 3.11. The van der Waals surface area contributed by atoms with Gasteiger partial charge in [-0.05, 0) is 44.7 Å². The quantitative estimate of drug-likeness (QED) is 0.583. The summed E-state index contributed by atoms with van der Waals surface area (Å²) < 4.78 is 5.68. The number of pyridine rings is 1. The zero-order chi connectivity index (χ0) is 11.1. The smallest absolute Gasteiger partial charge is 0.363 e. The number of halogens is 1. The van der Waals surface area contributed by atoms with E-state index in [0.717, 1.165) is 17.7 Å². The van der Waals surface area contributed by atoms with Crippen LogP contribution in [0.15, 0.2) is 22.8 Å². The minimum atomic E-state index is -0.535. The molecular weight excluding hydrogens is 264 g/mol. The van der Waals surface area contributed by atoms with Crippen LogP contribution >= 0.6 is 15.9 Å². The number of ether oxygens (including phenoxy) is 1. The van der Waals surface area contributed by atoms with Gasteiger partial charge in [0.15, 0.2) is 6.20 Å². The number of hydrogen-bond donors (Lipinski definition) is 0. The SMILES string of the molecule is C1CCOC1.O=[N+]([O-])c1ccc(Br)cn1. The van der Waals surface area contributed by atoms with Crippen molar-refractivity contribution < 1.29 is 9.66 Å². The summed E-state index contributed by atoms with van der Waals surface area (Å²) in [6, 6.07) is 2.91. The second-order valence-electron chi connectivity index (χ2n) is 2.91. The highest BCUT2D eigenvalue weighted by Gasteiger charge is 2.03. The Morgan fingerprint density at radius 2 is 2.07 bits per heavy atom. The lowest BCUT2D eigenvalue weighted by Crippen LogP contribution is -1.89. The summed E-state index contributed by atoms with van der Waals surface area (Å²) in [5, 5.41) is 10.0. The molecule has 0 unspecified atom stereocenters. The van der Waals surface area contributed by atoms with Crippen molar-refractivity contribution in [3.05, 3.63) is 32.9 Å². The second kappa shape index (κ2) is 6.47. The maximum absolute atomic E-state index is 10.0. The van der Waals surface area contributed by atoms with Crippen LogP contribution in [-0.2, 0) is 4.74 Å². The first kappa shape index (κ1) is 12.1. The van der Waals surface area contributed by atoms with E-state index in [2.05, 4.69) is 20.9 Å². The Bertz CT molecular complexity index is 304. The third kappa shape index (κ3) is 4.85. The molecule has 0 bridgehead atoms. The lowest BCUT2D eigenvalue weighted by Gasteiger charge is -1.88. The molecule has 0 radical (unpaired) electrons. The Kier molecular flexibility index (Phi) is 5.20. The molecule has 1 aliphatic heterocycles. The summed E-state index contributed by atoms with van der Waals surface area (Å²) in [5.74, 6) is -0.136. The molecule has 1 fully saturated rings. The van der Waals surface area contributed by atoms with E-state index in [0.29, 0.717) is 0 Å². The highest BCUT2D eigenvalue weighted by Crippen LogP contribution is 2.11. The first-order chi connectivity index (χ1) is 7.20. The van der Waals surface area contributed by atoms with Gasteiger partial charge in [0.25, 0.3) is 0 Å². The van der Waals surface area contributed by atoms with Crippen molar-refractivity contribution in [3.63, 3.8) is 0 Å². The van der Waals surface area contributed by atoms with Crippen molar-refractivity contribution in [2.75, 3.05) is 13.2 Å². The molecule has 0 atom stereocenters. The molecule has 1 aliphatic rings. The zero-order valence-corrected chi connectivity index (χ0v) is 9.64. The molecule has 15 heavy (non-hydrogen) atoms. The van der Waals surface area contributed by atoms with Gasteiger partial charge in [-0.2, -0.15) is 0 Å². The van der Waals surface area contributed by atoms with Gasteiger partial charge < -0.3 is 14.9 Å². The molecule has 0 spiro atoms. The van der Waals surface area contributed by atoms with E-state index in [-0.39, 0.29) is 5.82 Å². The molecule has 0 saturated carbocycles. The van der Waals surface area contributed by atoms with E-state index in [9.17, 15) is 10.1 Å². The van der Waals surface area contributed by atoms with Crippen molar-refractivity contribution in [2.24, 2.45) is 0 Å². The van der Waals surface area contributed by atoms with E-state index in [4.69, 9.17) is 4.74 Å². The summed E-state index contributed by atoms with van der Waals surface area (Å²) in [6.07, 6.45) is 3.94. The predicted molar refractivity (Wildman–Crippen MR) is 58.6 cm³/mol. The monoisotopic (exact) mass is 274 g/mol. The molecule has 1 aromatic heterocycles. The number of nitro groups is 1. The van der Waals surface area contributed by atoms with Crippen LogP contribution in [0.4, 0.5) is 5.82 Å². The Morgan fingerprint density at radius 3 is 2.40 bits per heavy atom. The molecule has 0 N–H and O–H groups in total. The molecule has 0 aromatic carbocycles. The molecule has 1 aromatic rings. The summed E-state index contributed by atoms with van der Waals surface area (Å²) in [6.45, 7) is 2.00. The van der Waals surface area contributed by atoms with Gasteiger partial charge in [-0.15, -0.1) is 0 Å². The molecule has 0 amide bonds. The van der Waals surface area contributed by atoms with Crippen molar-refractivity contribution in [1.29, 1.82) is 0 Å². The summed E-state index contributed by atoms with van der Waals surface area (Å²) in [5.41, 5.74) is 0. The lowest BCUT2D eigenvalue weighted by molar-refractivity contribution is -0.389. The van der Waals surface area contributed by atoms with Gasteiger partial charge >= 0.3 is 5.82 Å². The van der Waals surface area contributed by atoms with Crippen LogP contribution < -0.4 is 0 Å². The standard InChI is InChI=1S/C5H3BrN2O2.C4H8O/c6-4-1-2-5(7-3-4)8(9)10;1-2-4-5-3-1/h1-3H;1-4H2. The molecule has 82 valence electrons. The van der Waals surface area contributed by atoms with E-state index >= 15 is 0 Å². The average Bonchev–Trinajstić information content (AvgIpc) is 2.76. The van der Waals surface area contributed by atoms with Crippen LogP contribution in [0.2, 0.25) is 0 Å². The lowest BCUT2D eigenvalue weighted by atomic mass is 10.4. The maximum atomic E-state index is 10.0. The van der Waals surface area contributed by atoms with Gasteiger partial charge in [-0.25, -0.2) is 0 Å². The number of aromatic nitrogens is 1. The summed E-state index contributed by atoms with van der Waals surface area (Å²) in [4.78, 5) is 13.0. The van der Waals surface area contributed by atoms with Gasteiger partial charge in [-0.3, -0.25) is 0 Å². The van der Waals surface area contributed by atoms with Crippen molar-refractivity contribution in [3.8, 4) is 0 Å². The maximum Gasteiger partial charge on any atom is 0.363 e. The normalized spacial score (nSPS) is 14.2. The minimum absolute atomic E-state index is 0.136. The van der Waals surface area contributed by atoms with Gasteiger partial charge in [-0.1, -0.05) is 0 Å². The van der Waals surface area contributed by atoms with E-state index in [1.807, 2.05) is 0 Å². The van der Waals surface area contributed by atoms with Gasteiger partial charge in [0.05, 0.1) is 4.47 Å². The largest absolute Gasteiger partial charge is 0.381 e. The van der Waals surface area contributed by atoms with Crippen LogP contribution in [-0.4, -0.2) is 23.1 Å². The molecule has 6 heteroatoms. The van der Waals surface area contributed by atoms with Gasteiger partial charge in [0.2, 0.25) is 0 Å². The van der Waals surface area contributed by atoms with Crippen LogP contribution in [0.1, 0.15) is 12.8 Å². The average molecular weight is 275 g/mol. The van der Waals surface area contributed by atoms with Crippen molar-refractivity contribution >= 4 is 21.7 Å². The molecule has 1 saturated heterocycles. The van der Waals surface area contributed by atoms with Crippen LogP contribution in [0.5, 0.6) is 0 Å². The van der Waals surface area contributed by atoms with E-state index in [1.54, 1.807) is 6.07 Å². The third-order valence-electron chi connectivity index (χ3n) is 1.73. The third-order valence-corrected chi connectivity index (χ3v) is 2.20. The van der Waals surface area contributed by atoms with E-state index in [1.165, 1.54) is 25.1 Å². The van der Waals surface area contributed by atoms with Crippen LogP contribution in [0.25, 0.3) is 0 Å². The fraction of sp³-hybridized carbons (Fsp3) is 0.444. The Hall–Kier alpha value is -1.01. The highest BCUT2D eigenvalue weighted by atomic mass is 79.9. The second-order valence-corrected chi connectivity index (χ2v) is 3.83. The fourth-order valence-corrected chi connectivity index (χ4v) is 1.22. The van der Waals surface area contributed by atoms with Crippen molar-refractivity contribution in [2.45, 2.75) is 12.8 Å². The minimum Gasteiger partial charge on any atom is -0.381 e. The van der Waals surface area contributed by atoms with Crippen LogP contribution in [0.3, 0.4) is 0 Å². The molecule has 2 heterocycles. The molecule has 0 aliphatic carbocycles. The van der Waals surface area contributed by atoms with Gasteiger partial charge in [0, 0.05) is 19.3 Å². The van der Waals surface area contributed by atoms with E-state index < -0.39 is 4.92 Å². The highest BCUT2D eigenvalue weighted by molar-refractivity contribution is 9.10. The Balaban J connectivity index is 0.000000187.